The van der Waals surface area contributed by atoms with Crippen molar-refractivity contribution in [2.45, 2.75) is 32.7 Å². The van der Waals surface area contributed by atoms with E-state index in [1.807, 2.05) is 85.5 Å². The van der Waals surface area contributed by atoms with Gasteiger partial charge in [0.25, 0.3) is 11.5 Å². The Labute approximate surface area is 213 Å². The molecule has 35 heavy (non-hydrogen) atoms. The number of halogens is 1. The number of carbonyl (C=O) groups excluding carboxylic acids is 1. The number of benzene rings is 3. The third kappa shape index (κ3) is 4.86. The van der Waals surface area contributed by atoms with Gasteiger partial charge in [-0.05, 0) is 55.3 Å². The summed E-state index contributed by atoms with van der Waals surface area (Å²) in [5.74, 6) is 0.967. The van der Waals surface area contributed by atoms with Crippen molar-refractivity contribution in [3.05, 3.63) is 99.0 Å². The topological polar surface area (TPSA) is 64.4 Å². The van der Waals surface area contributed by atoms with Gasteiger partial charge in [-0.2, -0.15) is 0 Å². The molecule has 0 bridgehead atoms. The highest BCUT2D eigenvalue weighted by Gasteiger charge is 2.30. The number of amides is 1. The largest absolute Gasteiger partial charge is 0.495 e. The zero-order valence-electron chi connectivity index (χ0n) is 20.1. The number of hydrogen-bond acceptors (Lipinski definition) is 4. The Morgan fingerprint density at radius 2 is 1.80 bits per heavy atom. The van der Waals surface area contributed by atoms with E-state index in [9.17, 15) is 9.59 Å². The molecular formula is C28H28BrN3O3. The van der Waals surface area contributed by atoms with Crippen LogP contribution in [-0.2, 0) is 0 Å². The summed E-state index contributed by atoms with van der Waals surface area (Å²) in [5.41, 5.74) is 1.58. The monoisotopic (exact) mass is 533 g/mol. The number of ether oxygens (including phenoxy) is 1. The van der Waals surface area contributed by atoms with E-state index in [-0.39, 0.29) is 11.5 Å². The summed E-state index contributed by atoms with van der Waals surface area (Å²) < 4.78 is 8.04. The molecule has 0 spiro atoms. The van der Waals surface area contributed by atoms with E-state index < -0.39 is 6.04 Å². The van der Waals surface area contributed by atoms with Crippen LogP contribution in [-0.4, -0.2) is 34.0 Å². The van der Waals surface area contributed by atoms with Gasteiger partial charge in [-0.1, -0.05) is 60.1 Å². The van der Waals surface area contributed by atoms with Gasteiger partial charge in [0.15, 0.2) is 0 Å². The van der Waals surface area contributed by atoms with Crippen LogP contribution in [0.4, 0.5) is 0 Å². The Bertz CT molecular complexity index is 1420. The summed E-state index contributed by atoms with van der Waals surface area (Å²) in [7, 11) is 1.58. The van der Waals surface area contributed by atoms with E-state index in [4.69, 9.17) is 9.72 Å². The molecule has 1 atom stereocenters. The molecule has 7 heteroatoms. The third-order valence-corrected chi connectivity index (χ3v) is 6.48. The first-order valence-electron chi connectivity index (χ1n) is 11.7. The molecule has 0 radical (unpaired) electrons. The minimum absolute atomic E-state index is 0.103. The Morgan fingerprint density at radius 1 is 1.06 bits per heavy atom. The molecule has 1 heterocycles. The second-order valence-electron chi connectivity index (χ2n) is 8.23. The van der Waals surface area contributed by atoms with E-state index in [0.717, 1.165) is 10.9 Å². The molecule has 6 nitrogen and oxygen atoms in total. The van der Waals surface area contributed by atoms with Gasteiger partial charge < -0.3 is 9.64 Å². The SMILES string of the molecule is CCCN(C(=O)c1cccc(Br)c1)C(CC)c1nc2ccccc2c(=O)n1-c1ccccc1OC. The van der Waals surface area contributed by atoms with Crippen LogP contribution >= 0.6 is 15.9 Å². The van der Waals surface area contributed by atoms with Crippen LogP contribution in [0.1, 0.15) is 48.9 Å². The van der Waals surface area contributed by atoms with E-state index in [2.05, 4.69) is 15.9 Å². The number of hydrogen-bond donors (Lipinski definition) is 0. The lowest BCUT2D eigenvalue weighted by atomic mass is 10.1. The van der Waals surface area contributed by atoms with Gasteiger partial charge in [-0.3, -0.25) is 14.2 Å². The summed E-state index contributed by atoms with van der Waals surface area (Å²) in [6, 6.07) is 21.6. The molecule has 0 aliphatic rings. The van der Waals surface area contributed by atoms with Crippen LogP contribution in [0.2, 0.25) is 0 Å². The fourth-order valence-corrected chi connectivity index (χ4v) is 4.79. The van der Waals surface area contributed by atoms with Crippen LogP contribution in [0.25, 0.3) is 16.6 Å². The molecule has 1 aromatic heterocycles. The van der Waals surface area contributed by atoms with Gasteiger partial charge in [-0.25, -0.2) is 4.98 Å². The van der Waals surface area contributed by atoms with Gasteiger partial charge >= 0.3 is 0 Å². The van der Waals surface area contributed by atoms with Crippen molar-refractivity contribution in [2.75, 3.05) is 13.7 Å². The number of aromatic nitrogens is 2. The number of carbonyl (C=O) groups is 1. The summed E-state index contributed by atoms with van der Waals surface area (Å²) in [4.78, 5) is 34.4. The van der Waals surface area contributed by atoms with Crippen LogP contribution in [0.3, 0.4) is 0 Å². The molecule has 0 aliphatic carbocycles. The number of nitrogens with zero attached hydrogens (tertiary/aromatic N) is 3. The van der Waals surface area contributed by atoms with Gasteiger partial charge in [0.05, 0.1) is 29.7 Å². The maximum Gasteiger partial charge on any atom is 0.266 e. The van der Waals surface area contributed by atoms with E-state index in [1.165, 1.54) is 0 Å². The van der Waals surface area contributed by atoms with E-state index in [0.29, 0.717) is 46.7 Å². The maximum atomic E-state index is 13.9. The van der Waals surface area contributed by atoms with Crippen LogP contribution in [0, 0.1) is 0 Å². The number of methoxy groups -OCH3 is 1. The van der Waals surface area contributed by atoms with Crippen molar-refractivity contribution in [3.63, 3.8) is 0 Å². The van der Waals surface area contributed by atoms with Crippen molar-refractivity contribution in [1.29, 1.82) is 0 Å². The lowest BCUT2D eigenvalue weighted by Gasteiger charge is -2.32. The number of rotatable bonds is 8. The molecule has 3 aromatic carbocycles. The van der Waals surface area contributed by atoms with Gasteiger partial charge in [-0.15, -0.1) is 0 Å². The molecule has 1 unspecified atom stereocenters. The maximum absolute atomic E-state index is 13.9. The van der Waals surface area contributed by atoms with Gasteiger partial charge in [0, 0.05) is 16.6 Å². The Hall–Kier alpha value is -3.45. The summed E-state index contributed by atoms with van der Waals surface area (Å²) in [6.07, 6.45) is 1.35. The second kappa shape index (κ2) is 10.9. The van der Waals surface area contributed by atoms with E-state index in [1.54, 1.807) is 17.7 Å². The quantitative estimate of drug-likeness (QED) is 0.272. The highest BCUT2D eigenvalue weighted by molar-refractivity contribution is 9.10. The van der Waals surface area contributed by atoms with Crippen molar-refractivity contribution in [1.82, 2.24) is 14.5 Å². The molecule has 1 amide bonds. The minimum Gasteiger partial charge on any atom is -0.495 e. The average molecular weight is 534 g/mol. The Morgan fingerprint density at radius 3 is 2.51 bits per heavy atom. The molecule has 180 valence electrons. The Kier molecular flexibility index (Phi) is 7.66. The lowest BCUT2D eigenvalue weighted by molar-refractivity contribution is 0.0659. The fourth-order valence-electron chi connectivity index (χ4n) is 4.39. The first-order valence-corrected chi connectivity index (χ1v) is 12.5. The molecule has 0 fully saturated rings. The predicted octanol–water partition coefficient (Wildman–Crippen LogP) is 6.16. The fraction of sp³-hybridized carbons (Fsp3) is 0.250. The second-order valence-corrected chi connectivity index (χ2v) is 9.15. The highest BCUT2D eigenvalue weighted by atomic mass is 79.9. The van der Waals surface area contributed by atoms with Crippen LogP contribution < -0.4 is 10.3 Å². The zero-order valence-corrected chi connectivity index (χ0v) is 21.7. The molecule has 4 rings (SSSR count). The van der Waals surface area contributed by atoms with Crippen molar-refractivity contribution in [3.8, 4) is 11.4 Å². The predicted molar refractivity (Wildman–Crippen MR) is 142 cm³/mol. The molecule has 0 saturated carbocycles. The smallest absolute Gasteiger partial charge is 0.266 e. The molecule has 0 saturated heterocycles. The lowest BCUT2D eigenvalue weighted by Crippen LogP contribution is -2.39. The minimum atomic E-state index is -0.427. The molecule has 0 N–H and O–H groups in total. The van der Waals surface area contributed by atoms with Gasteiger partial charge in [0.2, 0.25) is 0 Å². The number of fused-ring (bicyclic) bond motifs is 1. The summed E-state index contributed by atoms with van der Waals surface area (Å²) in [6.45, 7) is 4.57. The van der Waals surface area contributed by atoms with Crippen LogP contribution in [0.15, 0.2) is 82.1 Å². The average Bonchev–Trinajstić information content (AvgIpc) is 2.88. The van der Waals surface area contributed by atoms with Crippen molar-refractivity contribution >= 4 is 32.7 Å². The van der Waals surface area contributed by atoms with Crippen molar-refractivity contribution in [2.24, 2.45) is 0 Å². The third-order valence-electron chi connectivity index (χ3n) is 5.99. The number of para-hydroxylation sites is 3. The normalized spacial score (nSPS) is 11.9. The highest BCUT2D eigenvalue weighted by Crippen LogP contribution is 2.30. The first kappa shape index (κ1) is 24.7. The summed E-state index contributed by atoms with van der Waals surface area (Å²) >= 11 is 3.47. The zero-order chi connectivity index (χ0) is 24.9. The molecule has 4 aromatic rings. The standard InChI is InChI=1S/C28H28BrN3O3/c1-4-17-31(27(33)19-11-10-12-20(29)18-19)23(5-2)26-30-22-14-7-6-13-21(22)28(34)32(26)24-15-8-9-16-25(24)35-3/h6-16,18,23H,4-5,17H2,1-3H3. The molecule has 0 aliphatic heterocycles. The van der Waals surface area contributed by atoms with Crippen LogP contribution in [0.5, 0.6) is 5.75 Å². The summed E-state index contributed by atoms with van der Waals surface area (Å²) in [5, 5.41) is 0.511. The Balaban J connectivity index is 1.98. The van der Waals surface area contributed by atoms with Gasteiger partial charge in [0.1, 0.15) is 11.6 Å². The first-order chi connectivity index (χ1) is 17.0. The van der Waals surface area contributed by atoms with E-state index >= 15 is 0 Å². The van der Waals surface area contributed by atoms with Crippen molar-refractivity contribution < 1.29 is 9.53 Å². The molecular weight excluding hydrogens is 506 g/mol.